The van der Waals surface area contributed by atoms with Crippen molar-refractivity contribution >= 4 is 17.4 Å². The lowest BCUT2D eigenvalue weighted by Crippen LogP contribution is -1.99. The fraction of sp³-hybridized carbons (Fsp3) is 0.143. The zero-order chi connectivity index (χ0) is 12.3. The molecule has 86 valence electrons. The van der Waals surface area contributed by atoms with Gasteiger partial charge in [0.05, 0.1) is 0 Å². The number of hydrogen-bond donors (Lipinski definition) is 0. The number of halogens is 1. The zero-order valence-corrected chi connectivity index (χ0v) is 10.2. The largest absolute Gasteiger partial charge is 0.294 e. The van der Waals surface area contributed by atoms with Crippen LogP contribution in [0.25, 0.3) is 11.1 Å². The number of carbonyl (C=O) groups is 1. The zero-order valence-electron chi connectivity index (χ0n) is 9.48. The van der Waals surface area contributed by atoms with E-state index in [-0.39, 0.29) is 5.78 Å². The second-order valence-corrected chi connectivity index (χ2v) is 4.14. The molecular formula is C14H12ClNO. The Morgan fingerprint density at radius 2 is 1.94 bits per heavy atom. The molecule has 0 radical (unpaired) electrons. The fourth-order valence-corrected chi connectivity index (χ4v) is 1.89. The average molecular weight is 246 g/mol. The van der Waals surface area contributed by atoms with Crippen molar-refractivity contribution in [1.82, 2.24) is 4.98 Å². The van der Waals surface area contributed by atoms with Crippen LogP contribution in [0, 0.1) is 0 Å². The summed E-state index contributed by atoms with van der Waals surface area (Å²) in [5.74, 6) is 0.119. The van der Waals surface area contributed by atoms with Crippen LogP contribution < -0.4 is 0 Å². The molecule has 0 saturated heterocycles. The summed E-state index contributed by atoms with van der Waals surface area (Å²) in [6.07, 6.45) is 3.90. The van der Waals surface area contributed by atoms with Crippen LogP contribution in [0.1, 0.15) is 23.7 Å². The molecule has 0 saturated carbocycles. The SMILES string of the molecule is CCC(=O)c1ccc(Cl)cc1-c1ccncc1. The van der Waals surface area contributed by atoms with Gasteiger partial charge in [0.15, 0.2) is 5.78 Å². The highest BCUT2D eigenvalue weighted by Gasteiger charge is 2.11. The van der Waals surface area contributed by atoms with Crippen molar-refractivity contribution in [2.75, 3.05) is 0 Å². The van der Waals surface area contributed by atoms with Gasteiger partial charge in [-0.15, -0.1) is 0 Å². The van der Waals surface area contributed by atoms with Crippen LogP contribution in [-0.2, 0) is 0 Å². The minimum atomic E-state index is 0.119. The number of pyridine rings is 1. The number of rotatable bonds is 3. The maximum absolute atomic E-state index is 11.9. The van der Waals surface area contributed by atoms with Gasteiger partial charge in [-0.05, 0) is 41.5 Å². The van der Waals surface area contributed by atoms with Crippen molar-refractivity contribution in [3.63, 3.8) is 0 Å². The summed E-state index contributed by atoms with van der Waals surface area (Å²) in [4.78, 5) is 15.8. The topological polar surface area (TPSA) is 30.0 Å². The van der Waals surface area contributed by atoms with Gasteiger partial charge in [0.2, 0.25) is 0 Å². The highest BCUT2D eigenvalue weighted by atomic mass is 35.5. The molecule has 0 unspecified atom stereocenters. The highest BCUT2D eigenvalue weighted by Crippen LogP contribution is 2.27. The van der Waals surface area contributed by atoms with Crippen molar-refractivity contribution < 1.29 is 4.79 Å². The standard InChI is InChI=1S/C14H12ClNO/c1-2-14(17)12-4-3-11(15)9-13(12)10-5-7-16-8-6-10/h3-9H,2H2,1H3. The molecule has 1 aromatic heterocycles. The molecule has 2 aromatic rings. The first kappa shape index (κ1) is 11.8. The van der Waals surface area contributed by atoms with E-state index in [0.29, 0.717) is 17.0 Å². The van der Waals surface area contributed by atoms with Gasteiger partial charge in [0.1, 0.15) is 0 Å². The minimum Gasteiger partial charge on any atom is -0.294 e. The molecule has 3 heteroatoms. The average Bonchev–Trinajstić information content (AvgIpc) is 2.39. The Bertz CT molecular complexity index is 537. The van der Waals surface area contributed by atoms with Crippen LogP contribution in [0.3, 0.4) is 0 Å². The molecule has 17 heavy (non-hydrogen) atoms. The van der Waals surface area contributed by atoms with Crippen LogP contribution in [0.2, 0.25) is 5.02 Å². The van der Waals surface area contributed by atoms with Gasteiger partial charge in [-0.25, -0.2) is 0 Å². The summed E-state index contributed by atoms with van der Waals surface area (Å²) >= 11 is 5.99. The third kappa shape index (κ3) is 2.53. The number of nitrogens with zero attached hydrogens (tertiary/aromatic N) is 1. The molecule has 1 aromatic carbocycles. The van der Waals surface area contributed by atoms with Gasteiger partial charge in [-0.1, -0.05) is 18.5 Å². The Labute approximate surface area is 105 Å². The molecule has 0 aliphatic rings. The monoisotopic (exact) mass is 245 g/mol. The van der Waals surface area contributed by atoms with E-state index in [9.17, 15) is 4.79 Å². The third-order valence-corrected chi connectivity index (χ3v) is 2.83. The lowest BCUT2D eigenvalue weighted by atomic mass is 9.97. The maximum Gasteiger partial charge on any atom is 0.163 e. The van der Waals surface area contributed by atoms with Crippen molar-refractivity contribution in [2.24, 2.45) is 0 Å². The number of carbonyl (C=O) groups excluding carboxylic acids is 1. The molecule has 2 nitrogen and oxygen atoms in total. The van der Waals surface area contributed by atoms with E-state index in [2.05, 4.69) is 4.98 Å². The summed E-state index contributed by atoms with van der Waals surface area (Å²) in [5.41, 5.74) is 2.54. The van der Waals surface area contributed by atoms with Crippen molar-refractivity contribution in [3.05, 3.63) is 53.3 Å². The maximum atomic E-state index is 11.9. The lowest BCUT2D eigenvalue weighted by Gasteiger charge is -2.08. The number of benzene rings is 1. The molecule has 0 fully saturated rings. The lowest BCUT2D eigenvalue weighted by molar-refractivity contribution is 0.0989. The van der Waals surface area contributed by atoms with E-state index in [1.54, 1.807) is 24.5 Å². The molecule has 0 aliphatic carbocycles. The number of hydrogen-bond acceptors (Lipinski definition) is 2. The molecule has 0 bridgehead atoms. The van der Waals surface area contributed by atoms with E-state index in [1.807, 2.05) is 25.1 Å². The van der Waals surface area contributed by atoms with E-state index >= 15 is 0 Å². The molecule has 1 heterocycles. The Kier molecular flexibility index (Phi) is 3.55. The second-order valence-electron chi connectivity index (χ2n) is 3.70. The van der Waals surface area contributed by atoms with Crippen molar-refractivity contribution in [3.8, 4) is 11.1 Å². The third-order valence-electron chi connectivity index (χ3n) is 2.59. The van der Waals surface area contributed by atoms with E-state index < -0.39 is 0 Å². The summed E-state index contributed by atoms with van der Waals surface area (Å²) in [6, 6.07) is 9.09. The molecule has 0 atom stereocenters. The summed E-state index contributed by atoms with van der Waals surface area (Å²) in [7, 11) is 0. The number of ketones is 1. The molecule has 0 spiro atoms. The molecule has 0 N–H and O–H groups in total. The molecular weight excluding hydrogens is 234 g/mol. The first-order valence-corrected chi connectivity index (χ1v) is 5.83. The summed E-state index contributed by atoms with van der Waals surface area (Å²) in [5, 5.41) is 0.629. The minimum absolute atomic E-state index is 0.119. The second kappa shape index (κ2) is 5.11. The first-order chi connectivity index (χ1) is 8.22. The highest BCUT2D eigenvalue weighted by molar-refractivity contribution is 6.31. The Morgan fingerprint density at radius 1 is 1.24 bits per heavy atom. The predicted molar refractivity (Wildman–Crippen MR) is 69.3 cm³/mol. The van der Waals surface area contributed by atoms with Crippen molar-refractivity contribution in [1.29, 1.82) is 0 Å². The molecule has 0 amide bonds. The smallest absolute Gasteiger partial charge is 0.163 e. The summed E-state index contributed by atoms with van der Waals surface area (Å²) < 4.78 is 0. The van der Waals surface area contributed by atoms with Crippen LogP contribution in [0.4, 0.5) is 0 Å². The quantitative estimate of drug-likeness (QED) is 0.766. The normalized spacial score (nSPS) is 10.2. The molecule has 0 aliphatic heterocycles. The van der Waals surface area contributed by atoms with Gasteiger partial charge in [0, 0.05) is 29.4 Å². The Hall–Kier alpha value is -1.67. The fourth-order valence-electron chi connectivity index (χ4n) is 1.72. The van der Waals surface area contributed by atoms with Crippen LogP contribution >= 0.6 is 11.6 Å². The summed E-state index contributed by atoms with van der Waals surface area (Å²) in [6.45, 7) is 1.85. The van der Waals surface area contributed by atoms with Gasteiger partial charge < -0.3 is 0 Å². The van der Waals surface area contributed by atoms with Crippen LogP contribution in [0.15, 0.2) is 42.7 Å². The van der Waals surface area contributed by atoms with Gasteiger partial charge in [0.25, 0.3) is 0 Å². The van der Waals surface area contributed by atoms with Crippen LogP contribution in [0.5, 0.6) is 0 Å². The first-order valence-electron chi connectivity index (χ1n) is 5.45. The van der Waals surface area contributed by atoms with E-state index in [0.717, 1.165) is 11.1 Å². The molecule has 2 rings (SSSR count). The predicted octanol–water partition coefficient (Wildman–Crippen LogP) is 3.99. The van der Waals surface area contributed by atoms with Crippen LogP contribution in [-0.4, -0.2) is 10.8 Å². The van der Waals surface area contributed by atoms with Crippen molar-refractivity contribution in [2.45, 2.75) is 13.3 Å². The van der Waals surface area contributed by atoms with E-state index in [1.165, 1.54) is 0 Å². The number of Topliss-reactive ketones (excluding diaryl/α,β-unsaturated/α-hetero) is 1. The van der Waals surface area contributed by atoms with Gasteiger partial charge in [-0.2, -0.15) is 0 Å². The van der Waals surface area contributed by atoms with Gasteiger partial charge >= 0.3 is 0 Å². The number of aromatic nitrogens is 1. The van der Waals surface area contributed by atoms with E-state index in [4.69, 9.17) is 11.6 Å². The Morgan fingerprint density at radius 3 is 2.59 bits per heavy atom. The van der Waals surface area contributed by atoms with Gasteiger partial charge in [-0.3, -0.25) is 9.78 Å². The Balaban J connectivity index is 2.59.